The molecule has 0 unspecified atom stereocenters. The number of hydrogen-bond donors (Lipinski definition) is 3. The lowest BCUT2D eigenvalue weighted by Gasteiger charge is -2.28. The number of hydrogen-bond acceptors (Lipinski definition) is 4. The van der Waals surface area contributed by atoms with Crippen LogP contribution in [0.5, 0.6) is 5.75 Å². The van der Waals surface area contributed by atoms with Crippen molar-refractivity contribution in [3.05, 3.63) is 76.5 Å². The summed E-state index contributed by atoms with van der Waals surface area (Å²) in [6, 6.07) is 13.0. The molecule has 1 aliphatic rings. The van der Waals surface area contributed by atoms with E-state index in [-0.39, 0.29) is 12.4 Å². The molecule has 0 bridgehead atoms. The number of allylic oxidation sites excluding steroid dienone is 1. The topological polar surface area (TPSA) is 87.7 Å². The first kappa shape index (κ1) is 17.5. The Balaban J connectivity index is 1.83. The Morgan fingerprint density at radius 2 is 1.88 bits per heavy atom. The fraction of sp³-hybridized carbons (Fsp3) is 0.200. The lowest BCUT2D eigenvalue weighted by atomic mass is 9.95. The smallest absolute Gasteiger partial charge is 0.338 e. The maximum Gasteiger partial charge on any atom is 0.338 e. The SMILES string of the molecule is CC1=C(C(=O)OCc2ccc(C)cc2)[C@H](c2cccc(O)c2)NC(=O)N1. The zero-order chi connectivity index (χ0) is 18.7. The Labute approximate surface area is 151 Å². The third kappa shape index (κ3) is 3.85. The predicted molar refractivity (Wildman–Crippen MR) is 96.2 cm³/mol. The maximum absolute atomic E-state index is 12.7. The average Bonchev–Trinajstić information content (AvgIpc) is 2.60. The molecule has 0 fully saturated rings. The van der Waals surface area contributed by atoms with Gasteiger partial charge in [0.1, 0.15) is 12.4 Å². The van der Waals surface area contributed by atoms with Crippen LogP contribution in [0.15, 0.2) is 59.8 Å². The monoisotopic (exact) mass is 352 g/mol. The Morgan fingerprint density at radius 3 is 2.58 bits per heavy atom. The van der Waals surface area contributed by atoms with Crippen LogP contribution in [-0.2, 0) is 16.1 Å². The Morgan fingerprint density at radius 1 is 1.15 bits per heavy atom. The Hall–Kier alpha value is -3.28. The van der Waals surface area contributed by atoms with Gasteiger partial charge in [0, 0.05) is 5.70 Å². The molecule has 3 N–H and O–H groups in total. The molecule has 26 heavy (non-hydrogen) atoms. The van der Waals surface area contributed by atoms with Crippen molar-refractivity contribution in [1.82, 2.24) is 10.6 Å². The van der Waals surface area contributed by atoms with Gasteiger partial charge in [0.25, 0.3) is 0 Å². The highest BCUT2D eigenvalue weighted by Crippen LogP contribution is 2.29. The largest absolute Gasteiger partial charge is 0.508 e. The zero-order valence-corrected chi connectivity index (χ0v) is 14.6. The van der Waals surface area contributed by atoms with E-state index in [1.165, 1.54) is 12.1 Å². The van der Waals surface area contributed by atoms with E-state index >= 15 is 0 Å². The molecule has 0 aliphatic carbocycles. The van der Waals surface area contributed by atoms with E-state index in [4.69, 9.17) is 4.74 Å². The van der Waals surface area contributed by atoms with Crippen LogP contribution in [0.4, 0.5) is 4.79 Å². The second kappa shape index (κ2) is 7.31. The Kier molecular flexibility index (Phi) is 4.93. The summed E-state index contributed by atoms with van der Waals surface area (Å²) in [4.78, 5) is 24.5. The van der Waals surface area contributed by atoms with Gasteiger partial charge in [-0.2, -0.15) is 0 Å². The van der Waals surface area contributed by atoms with E-state index in [0.717, 1.165) is 11.1 Å². The highest BCUT2D eigenvalue weighted by atomic mass is 16.5. The van der Waals surface area contributed by atoms with Crippen molar-refractivity contribution in [2.24, 2.45) is 0 Å². The van der Waals surface area contributed by atoms with E-state index < -0.39 is 18.0 Å². The van der Waals surface area contributed by atoms with Gasteiger partial charge in [-0.3, -0.25) is 0 Å². The molecular weight excluding hydrogens is 332 g/mol. The summed E-state index contributed by atoms with van der Waals surface area (Å²) in [5, 5.41) is 15.0. The molecule has 134 valence electrons. The number of amides is 2. The minimum absolute atomic E-state index is 0.0558. The van der Waals surface area contributed by atoms with Gasteiger partial charge in [0.05, 0.1) is 11.6 Å². The van der Waals surface area contributed by atoms with Crippen LogP contribution in [0.1, 0.15) is 29.7 Å². The number of ether oxygens (including phenoxy) is 1. The van der Waals surface area contributed by atoms with Crippen molar-refractivity contribution in [3.63, 3.8) is 0 Å². The third-order valence-corrected chi connectivity index (χ3v) is 4.18. The highest BCUT2D eigenvalue weighted by Gasteiger charge is 2.32. The number of esters is 1. The van der Waals surface area contributed by atoms with Gasteiger partial charge < -0.3 is 20.5 Å². The summed E-state index contributed by atoms with van der Waals surface area (Å²) in [5.41, 5.74) is 3.34. The standard InChI is InChI=1S/C20H20N2O4/c1-12-6-8-14(9-7-12)11-26-19(24)17-13(2)21-20(25)22-18(17)15-4-3-5-16(23)10-15/h3-10,18,23H,11H2,1-2H3,(H2,21,22,25)/t18-/m0/s1. The molecule has 1 atom stereocenters. The van der Waals surface area contributed by atoms with E-state index in [9.17, 15) is 14.7 Å². The van der Waals surface area contributed by atoms with Crippen molar-refractivity contribution in [1.29, 1.82) is 0 Å². The van der Waals surface area contributed by atoms with E-state index in [2.05, 4.69) is 10.6 Å². The number of rotatable bonds is 4. The lowest BCUT2D eigenvalue weighted by molar-refractivity contribution is -0.140. The number of carbonyl (C=O) groups excluding carboxylic acids is 2. The van der Waals surface area contributed by atoms with Crippen LogP contribution in [0, 0.1) is 6.92 Å². The molecule has 6 heteroatoms. The number of nitrogens with one attached hydrogen (secondary N) is 2. The van der Waals surface area contributed by atoms with Crippen LogP contribution in [-0.4, -0.2) is 17.1 Å². The van der Waals surface area contributed by atoms with Gasteiger partial charge in [0.2, 0.25) is 0 Å². The summed E-state index contributed by atoms with van der Waals surface area (Å²) < 4.78 is 5.44. The zero-order valence-electron chi connectivity index (χ0n) is 14.6. The fourth-order valence-electron chi connectivity index (χ4n) is 2.83. The Bertz CT molecular complexity index is 872. The molecule has 0 radical (unpaired) electrons. The molecule has 3 rings (SSSR count). The molecule has 6 nitrogen and oxygen atoms in total. The fourth-order valence-corrected chi connectivity index (χ4v) is 2.83. The quantitative estimate of drug-likeness (QED) is 0.738. The summed E-state index contributed by atoms with van der Waals surface area (Å²) in [5.74, 6) is -0.468. The van der Waals surface area contributed by atoms with Crippen molar-refractivity contribution < 1.29 is 19.4 Å². The second-order valence-corrected chi connectivity index (χ2v) is 6.23. The van der Waals surface area contributed by atoms with Crippen LogP contribution in [0.25, 0.3) is 0 Å². The minimum atomic E-state index is -0.693. The van der Waals surface area contributed by atoms with Crippen LogP contribution in [0.2, 0.25) is 0 Å². The van der Waals surface area contributed by atoms with Gasteiger partial charge in [0.15, 0.2) is 0 Å². The highest BCUT2D eigenvalue weighted by molar-refractivity contribution is 5.95. The number of aryl methyl sites for hydroxylation is 1. The van der Waals surface area contributed by atoms with Crippen LogP contribution >= 0.6 is 0 Å². The number of aromatic hydroxyl groups is 1. The number of carbonyl (C=O) groups is 2. The van der Waals surface area contributed by atoms with E-state index in [0.29, 0.717) is 16.8 Å². The predicted octanol–water partition coefficient (Wildman–Crippen LogP) is 3.07. The molecule has 1 aliphatic heterocycles. The first-order valence-corrected chi connectivity index (χ1v) is 8.24. The van der Waals surface area contributed by atoms with Gasteiger partial charge in [-0.05, 0) is 37.1 Å². The van der Waals surface area contributed by atoms with Crippen LogP contribution in [0.3, 0.4) is 0 Å². The molecule has 2 aromatic rings. The second-order valence-electron chi connectivity index (χ2n) is 6.23. The van der Waals surface area contributed by atoms with Crippen molar-refractivity contribution in [3.8, 4) is 5.75 Å². The number of phenols is 1. The average molecular weight is 352 g/mol. The number of urea groups is 1. The van der Waals surface area contributed by atoms with Gasteiger partial charge >= 0.3 is 12.0 Å². The molecule has 0 spiro atoms. The summed E-state index contributed by atoms with van der Waals surface area (Å²) in [6.45, 7) is 3.77. The molecule has 1 heterocycles. The maximum atomic E-state index is 12.7. The van der Waals surface area contributed by atoms with Gasteiger partial charge in [-0.1, -0.05) is 42.0 Å². The van der Waals surface area contributed by atoms with Gasteiger partial charge in [-0.25, -0.2) is 9.59 Å². The molecule has 0 saturated heterocycles. The summed E-state index contributed by atoms with van der Waals surface area (Å²) in [7, 11) is 0. The number of benzene rings is 2. The van der Waals surface area contributed by atoms with Crippen LogP contribution < -0.4 is 10.6 Å². The van der Waals surface area contributed by atoms with Crippen molar-refractivity contribution >= 4 is 12.0 Å². The first-order valence-electron chi connectivity index (χ1n) is 8.24. The summed E-state index contributed by atoms with van der Waals surface area (Å²) >= 11 is 0. The van der Waals surface area contributed by atoms with Gasteiger partial charge in [-0.15, -0.1) is 0 Å². The van der Waals surface area contributed by atoms with Crippen molar-refractivity contribution in [2.45, 2.75) is 26.5 Å². The molecule has 2 amide bonds. The minimum Gasteiger partial charge on any atom is -0.508 e. The molecular formula is C20H20N2O4. The van der Waals surface area contributed by atoms with E-state index in [1.807, 2.05) is 31.2 Å². The molecule has 2 aromatic carbocycles. The van der Waals surface area contributed by atoms with E-state index in [1.54, 1.807) is 19.1 Å². The summed E-state index contributed by atoms with van der Waals surface area (Å²) in [6.07, 6.45) is 0. The normalized spacial score (nSPS) is 16.7. The van der Waals surface area contributed by atoms with Crippen molar-refractivity contribution in [2.75, 3.05) is 0 Å². The number of phenolic OH excluding ortho intramolecular Hbond substituents is 1. The third-order valence-electron chi connectivity index (χ3n) is 4.18. The lowest BCUT2D eigenvalue weighted by Crippen LogP contribution is -2.45. The molecule has 0 aromatic heterocycles. The first-order chi connectivity index (χ1) is 12.4. The molecule has 0 saturated carbocycles.